The lowest BCUT2D eigenvalue weighted by Gasteiger charge is -2.18. The largest absolute Gasteiger partial charge is 0.480 e. The van der Waals surface area contributed by atoms with Crippen LogP contribution in [-0.4, -0.2) is 42.1 Å². The lowest BCUT2D eigenvalue weighted by molar-refractivity contribution is -0.140. The molecule has 0 aromatic carbocycles. The van der Waals surface area contributed by atoms with E-state index in [0.29, 0.717) is 13.0 Å². The van der Waals surface area contributed by atoms with Crippen LogP contribution in [0.25, 0.3) is 0 Å². The minimum absolute atomic E-state index is 0.0740. The molecule has 1 N–H and O–H groups in total. The summed E-state index contributed by atoms with van der Waals surface area (Å²) in [6.07, 6.45) is 0.528. The Morgan fingerprint density at radius 1 is 1.58 bits per heavy atom. The molecule has 5 nitrogen and oxygen atoms in total. The summed E-state index contributed by atoms with van der Waals surface area (Å²) in [5.74, 6) is -1.02. The van der Waals surface area contributed by atoms with Crippen molar-refractivity contribution in [2.24, 2.45) is 0 Å². The van der Waals surface area contributed by atoms with E-state index in [0.717, 1.165) is 4.31 Å². The Balaban J connectivity index is 2.83. The van der Waals surface area contributed by atoms with Gasteiger partial charge in [-0.25, -0.2) is 8.42 Å². The van der Waals surface area contributed by atoms with Crippen LogP contribution in [0, 0.1) is 0 Å². The van der Waals surface area contributed by atoms with Gasteiger partial charge in [0.25, 0.3) is 0 Å². The lowest BCUT2D eigenvalue weighted by Crippen LogP contribution is -2.39. The highest BCUT2D eigenvalue weighted by molar-refractivity contribution is 7.89. The van der Waals surface area contributed by atoms with Gasteiger partial charge in [0.15, 0.2) is 0 Å². The van der Waals surface area contributed by atoms with Crippen LogP contribution in [0.3, 0.4) is 0 Å². The quantitative estimate of drug-likeness (QED) is 0.641. The van der Waals surface area contributed by atoms with Crippen LogP contribution in [-0.2, 0) is 14.8 Å². The van der Waals surface area contributed by atoms with Crippen molar-refractivity contribution in [3.05, 3.63) is 0 Å². The molecule has 0 aromatic rings. The maximum Gasteiger partial charge on any atom is 0.321 e. The Labute approximate surface area is 71.0 Å². The zero-order valence-corrected chi connectivity index (χ0v) is 7.54. The van der Waals surface area contributed by atoms with E-state index >= 15 is 0 Å². The van der Waals surface area contributed by atoms with Crippen LogP contribution in [0.2, 0.25) is 0 Å². The molecule has 1 rings (SSSR count). The van der Waals surface area contributed by atoms with Gasteiger partial charge in [0.1, 0.15) is 6.04 Å². The first-order valence-corrected chi connectivity index (χ1v) is 5.28. The molecule has 0 aliphatic carbocycles. The fraction of sp³-hybridized carbons (Fsp3) is 0.833. The number of sulfonamides is 1. The third kappa shape index (κ3) is 1.59. The number of carbonyl (C=O) groups is 1. The van der Waals surface area contributed by atoms with Gasteiger partial charge in [-0.05, 0) is 13.3 Å². The summed E-state index contributed by atoms with van der Waals surface area (Å²) >= 11 is 0. The van der Waals surface area contributed by atoms with Gasteiger partial charge in [0.2, 0.25) is 10.0 Å². The first kappa shape index (κ1) is 9.47. The average molecular weight is 193 g/mol. The Hall–Kier alpha value is -0.620. The molecule has 0 bridgehead atoms. The van der Waals surface area contributed by atoms with Crippen LogP contribution < -0.4 is 0 Å². The number of carboxylic acids is 1. The van der Waals surface area contributed by atoms with E-state index in [1.165, 1.54) is 6.92 Å². The fourth-order valence-corrected chi connectivity index (χ4v) is 2.92. The maximum atomic E-state index is 11.2. The summed E-state index contributed by atoms with van der Waals surface area (Å²) in [5.41, 5.74) is 0. The number of hydrogen-bond donors (Lipinski definition) is 1. The van der Waals surface area contributed by atoms with Gasteiger partial charge in [0, 0.05) is 6.54 Å². The molecule has 70 valence electrons. The van der Waals surface area contributed by atoms with E-state index < -0.39 is 22.0 Å². The number of nitrogens with zero attached hydrogens (tertiary/aromatic N) is 1. The molecule has 6 heteroatoms. The van der Waals surface area contributed by atoms with Crippen molar-refractivity contribution in [2.75, 3.05) is 12.3 Å². The van der Waals surface area contributed by atoms with Crippen LogP contribution in [0.4, 0.5) is 0 Å². The Bertz CT molecular complexity index is 284. The summed E-state index contributed by atoms with van der Waals surface area (Å²) < 4.78 is 23.4. The molecular formula is C6H11NO4S. The summed E-state index contributed by atoms with van der Waals surface area (Å²) in [4.78, 5) is 10.5. The zero-order valence-electron chi connectivity index (χ0n) is 6.73. The summed E-state index contributed by atoms with van der Waals surface area (Å²) in [5, 5.41) is 8.57. The molecule has 0 spiro atoms. The van der Waals surface area contributed by atoms with Crippen molar-refractivity contribution in [2.45, 2.75) is 19.4 Å². The van der Waals surface area contributed by atoms with E-state index in [1.54, 1.807) is 0 Å². The van der Waals surface area contributed by atoms with E-state index in [1.807, 2.05) is 0 Å². The van der Waals surface area contributed by atoms with Crippen LogP contribution in [0.5, 0.6) is 0 Å². The lowest BCUT2D eigenvalue weighted by atomic mass is 10.3. The predicted octanol–water partition coefficient (Wildman–Crippen LogP) is -0.505. The molecule has 1 fully saturated rings. The highest BCUT2D eigenvalue weighted by atomic mass is 32.2. The van der Waals surface area contributed by atoms with Gasteiger partial charge in [-0.1, -0.05) is 0 Å². The van der Waals surface area contributed by atoms with Crippen molar-refractivity contribution >= 4 is 16.0 Å². The summed E-state index contributed by atoms with van der Waals surface area (Å²) in [6, 6.07) is -0.933. The van der Waals surface area contributed by atoms with Gasteiger partial charge >= 0.3 is 5.97 Å². The SMILES string of the molecule is C[C@@H](C(=O)O)N1CCCS1(=O)=O. The number of carboxylic acid groups (broad SMARTS) is 1. The first-order chi connectivity index (χ1) is 5.45. The maximum absolute atomic E-state index is 11.2. The Kier molecular flexibility index (Phi) is 2.39. The Morgan fingerprint density at radius 2 is 2.17 bits per heavy atom. The van der Waals surface area contributed by atoms with Crippen LogP contribution in [0.1, 0.15) is 13.3 Å². The van der Waals surface area contributed by atoms with Crippen molar-refractivity contribution in [1.29, 1.82) is 0 Å². The average Bonchev–Trinajstić information content (AvgIpc) is 2.27. The van der Waals surface area contributed by atoms with Gasteiger partial charge in [-0.2, -0.15) is 4.31 Å². The number of hydrogen-bond acceptors (Lipinski definition) is 3. The highest BCUT2D eigenvalue weighted by Gasteiger charge is 2.35. The topological polar surface area (TPSA) is 74.7 Å². The third-order valence-corrected chi connectivity index (χ3v) is 3.95. The van der Waals surface area contributed by atoms with Gasteiger partial charge in [-0.3, -0.25) is 4.79 Å². The second kappa shape index (κ2) is 3.02. The monoisotopic (exact) mass is 193 g/mol. The van der Waals surface area contributed by atoms with Gasteiger partial charge < -0.3 is 5.11 Å². The summed E-state index contributed by atoms with van der Waals surface area (Å²) in [6.45, 7) is 1.71. The molecule has 1 aliphatic rings. The number of aliphatic carboxylic acids is 1. The van der Waals surface area contributed by atoms with E-state index in [2.05, 4.69) is 0 Å². The second-order valence-electron chi connectivity index (χ2n) is 2.79. The molecule has 1 heterocycles. The normalized spacial score (nSPS) is 25.4. The summed E-state index contributed by atoms with van der Waals surface area (Å²) in [7, 11) is -3.28. The standard InChI is InChI=1S/C6H11NO4S/c1-5(6(8)9)7-3-2-4-12(7,10)11/h5H,2-4H2,1H3,(H,8,9)/t5-/m0/s1. The number of rotatable bonds is 2. The molecule has 0 aromatic heterocycles. The second-order valence-corrected chi connectivity index (χ2v) is 4.84. The predicted molar refractivity (Wildman–Crippen MR) is 42.2 cm³/mol. The fourth-order valence-electron chi connectivity index (χ4n) is 1.22. The molecule has 1 aliphatic heterocycles. The molecule has 1 atom stereocenters. The molecule has 12 heavy (non-hydrogen) atoms. The van der Waals surface area contributed by atoms with Crippen molar-refractivity contribution < 1.29 is 18.3 Å². The minimum atomic E-state index is -3.28. The highest BCUT2D eigenvalue weighted by Crippen LogP contribution is 2.16. The minimum Gasteiger partial charge on any atom is -0.480 e. The third-order valence-electron chi connectivity index (χ3n) is 1.93. The Morgan fingerprint density at radius 3 is 2.50 bits per heavy atom. The molecule has 0 amide bonds. The van der Waals surface area contributed by atoms with Crippen molar-refractivity contribution in [3.63, 3.8) is 0 Å². The van der Waals surface area contributed by atoms with Crippen molar-refractivity contribution in [3.8, 4) is 0 Å². The van der Waals surface area contributed by atoms with Crippen LogP contribution >= 0.6 is 0 Å². The molecule has 0 saturated carbocycles. The zero-order chi connectivity index (χ0) is 9.35. The van der Waals surface area contributed by atoms with Crippen molar-refractivity contribution in [1.82, 2.24) is 4.31 Å². The van der Waals surface area contributed by atoms with Gasteiger partial charge in [-0.15, -0.1) is 0 Å². The van der Waals surface area contributed by atoms with E-state index in [4.69, 9.17) is 5.11 Å². The van der Waals surface area contributed by atoms with E-state index in [9.17, 15) is 13.2 Å². The van der Waals surface area contributed by atoms with Gasteiger partial charge in [0.05, 0.1) is 5.75 Å². The molecule has 0 unspecified atom stereocenters. The molecule has 1 saturated heterocycles. The molecule has 0 radical (unpaired) electrons. The smallest absolute Gasteiger partial charge is 0.321 e. The first-order valence-electron chi connectivity index (χ1n) is 3.67. The molecular weight excluding hydrogens is 182 g/mol. The van der Waals surface area contributed by atoms with Crippen LogP contribution in [0.15, 0.2) is 0 Å². The van der Waals surface area contributed by atoms with E-state index in [-0.39, 0.29) is 5.75 Å².